The van der Waals surface area contributed by atoms with Crippen molar-refractivity contribution in [2.75, 3.05) is 19.9 Å². The molecule has 1 fully saturated rings. The van der Waals surface area contributed by atoms with Gasteiger partial charge in [0.15, 0.2) is 0 Å². The van der Waals surface area contributed by atoms with E-state index in [1.54, 1.807) is 0 Å². The minimum atomic E-state index is 0.273. The molecule has 0 bridgehead atoms. The minimum Gasteiger partial charge on any atom is -0.365 e. The molecule has 0 aromatic heterocycles. The highest BCUT2D eigenvalue weighted by molar-refractivity contribution is 4.86. The molecule has 0 aromatic rings. The fraction of sp³-hybridized carbons (Fsp3) is 1.00. The van der Waals surface area contributed by atoms with Crippen molar-refractivity contribution in [2.24, 2.45) is 5.41 Å². The molecule has 1 aliphatic rings. The number of hydrogen-bond acceptors (Lipinski definition) is 2. The third-order valence-electron chi connectivity index (χ3n) is 2.57. The summed E-state index contributed by atoms with van der Waals surface area (Å²) in [5.41, 5.74) is 0.668. The van der Waals surface area contributed by atoms with Crippen molar-refractivity contribution in [3.8, 4) is 0 Å². The van der Waals surface area contributed by atoms with E-state index in [2.05, 4.69) is 39.5 Å². The van der Waals surface area contributed by atoms with E-state index in [9.17, 15) is 0 Å². The van der Waals surface area contributed by atoms with Gasteiger partial charge in [0, 0.05) is 12.1 Å². The first-order valence-electron chi connectivity index (χ1n) is 5.14. The Morgan fingerprint density at radius 2 is 1.77 bits per heavy atom. The normalized spacial score (nSPS) is 21.0. The first-order chi connectivity index (χ1) is 5.81. The molecular formula is C11H23NO. The number of hydrogen-bond donors (Lipinski definition) is 0. The van der Waals surface area contributed by atoms with E-state index in [4.69, 9.17) is 4.74 Å². The maximum atomic E-state index is 5.38. The van der Waals surface area contributed by atoms with Crippen LogP contribution in [0.1, 0.15) is 41.0 Å². The van der Waals surface area contributed by atoms with Gasteiger partial charge in [-0.2, -0.15) is 0 Å². The molecule has 0 radical (unpaired) electrons. The van der Waals surface area contributed by atoms with Crippen molar-refractivity contribution >= 4 is 0 Å². The molecule has 78 valence electrons. The Balaban J connectivity index is 2.53. The van der Waals surface area contributed by atoms with Crippen LogP contribution in [0, 0.1) is 5.41 Å². The van der Waals surface area contributed by atoms with Crippen LogP contribution in [0.15, 0.2) is 0 Å². The zero-order chi connectivity index (χ0) is 10.1. The van der Waals surface area contributed by atoms with Crippen molar-refractivity contribution in [2.45, 2.75) is 46.6 Å². The molecule has 1 saturated heterocycles. The monoisotopic (exact) mass is 185 g/mol. The largest absolute Gasteiger partial charge is 0.365 e. The Bertz CT molecular complexity index is 163. The number of rotatable bonds is 2. The first-order valence-corrected chi connectivity index (χ1v) is 5.14. The number of nitrogens with zero attached hydrogens (tertiary/aromatic N) is 1. The predicted octanol–water partition coefficient (Wildman–Crippen LogP) is 2.49. The molecule has 2 heteroatoms. The van der Waals surface area contributed by atoms with Crippen LogP contribution in [0.2, 0.25) is 0 Å². The molecule has 0 atom stereocenters. The third kappa shape index (κ3) is 3.28. The van der Waals surface area contributed by atoms with Crippen LogP contribution < -0.4 is 0 Å². The summed E-state index contributed by atoms with van der Waals surface area (Å²) in [4.78, 5) is 2.43. The highest BCUT2D eigenvalue weighted by Crippen LogP contribution is 2.31. The Morgan fingerprint density at radius 3 is 2.15 bits per heavy atom. The molecule has 0 aromatic carbocycles. The van der Waals surface area contributed by atoms with Gasteiger partial charge in [-0.15, -0.1) is 0 Å². The lowest BCUT2D eigenvalue weighted by molar-refractivity contribution is 0.0496. The summed E-state index contributed by atoms with van der Waals surface area (Å²) < 4.78 is 5.38. The molecule has 0 spiro atoms. The molecule has 0 saturated carbocycles. The smallest absolute Gasteiger partial charge is 0.0995 e. The molecule has 0 unspecified atom stereocenters. The van der Waals surface area contributed by atoms with Crippen LogP contribution in [0.5, 0.6) is 0 Å². The van der Waals surface area contributed by atoms with Crippen LogP contribution >= 0.6 is 0 Å². The zero-order valence-corrected chi connectivity index (χ0v) is 9.68. The van der Waals surface area contributed by atoms with Crippen molar-refractivity contribution in [1.82, 2.24) is 4.90 Å². The van der Waals surface area contributed by atoms with E-state index in [0.29, 0.717) is 5.41 Å². The van der Waals surface area contributed by atoms with Gasteiger partial charge in [0.1, 0.15) is 0 Å². The van der Waals surface area contributed by atoms with E-state index >= 15 is 0 Å². The highest BCUT2D eigenvalue weighted by Gasteiger charge is 2.33. The zero-order valence-electron chi connectivity index (χ0n) is 9.68. The Kier molecular flexibility index (Phi) is 3.03. The molecule has 1 aliphatic heterocycles. The van der Waals surface area contributed by atoms with Gasteiger partial charge in [-0.25, -0.2) is 0 Å². The maximum Gasteiger partial charge on any atom is 0.0995 e. The SMILES string of the molecule is CC(C)(C)CC(C)(C)N1CCOC1. The molecule has 0 amide bonds. The first kappa shape index (κ1) is 11.0. The minimum absolute atomic E-state index is 0.273. The van der Waals surface area contributed by atoms with Crippen LogP contribution in [0.3, 0.4) is 0 Å². The molecule has 1 heterocycles. The van der Waals surface area contributed by atoms with E-state index < -0.39 is 0 Å². The van der Waals surface area contributed by atoms with E-state index in [1.165, 1.54) is 6.42 Å². The molecule has 13 heavy (non-hydrogen) atoms. The summed E-state index contributed by atoms with van der Waals surface area (Å²) >= 11 is 0. The summed E-state index contributed by atoms with van der Waals surface area (Å²) in [6, 6.07) is 0. The molecule has 2 nitrogen and oxygen atoms in total. The summed E-state index contributed by atoms with van der Waals surface area (Å²) in [5, 5.41) is 0. The lowest BCUT2D eigenvalue weighted by Gasteiger charge is -2.39. The summed E-state index contributed by atoms with van der Waals surface area (Å²) in [6.07, 6.45) is 1.21. The van der Waals surface area contributed by atoms with Crippen molar-refractivity contribution in [3.63, 3.8) is 0 Å². The molecular weight excluding hydrogens is 162 g/mol. The van der Waals surface area contributed by atoms with Gasteiger partial charge in [-0.1, -0.05) is 20.8 Å². The van der Waals surface area contributed by atoms with E-state index in [1.807, 2.05) is 0 Å². The fourth-order valence-electron chi connectivity index (χ4n) is 2.30. The van der Waals surface area contributed by atoms with Crippen LogP contribution in [0.4, 0.5) is 0 Å². The van der Waals surface area contributed by atoms with E-state index in [0.717, 1.165) is 19.9 Å². The Morgan fingerprint density at radius 1 is 1.15 bits per heavy atom. The van der Waals surface area contributed by atoms with Gasteiger partial charge in [0.05, 0.1) is 13.3 Å². The molecule has 0 aliphatic carbocycles. The van der Waals surface area contributed by atoms with Crippen molar-refractivity contribution in [3.05, 3.63) is 0 Å². The Hall–Kier alpha value is -0.0800. The second kappa shape index (κ2) is 3.58. The quantitative estimate of drug-likeness (QED) is 0.655. The highest BCUT2D eigenvalue weighted by atomic mass is 16.5. The molecule has 0 N–H and O–H groups in total. The maximum absolute atomic E-state index is 5.38. The predicted molar refractivity (Wildman–Crippen MR) is 55.7 cm³/mol. The second-order valence-corrected chi connectivity index (χ2v) is 5.85. The molecule has 1 rings (SSSR count). The standard InChI is InChI=1S/C11H23NO/c1-10(2,3)8-11(4,5)12-6-7-13-9-12/h6-9H2,1-5H3. The van der Waals surface area contributed by atoms with Crippen LogP contribution in [0.25, 0.3) is 0 Å². The van der Waals surface area contributed by atoms with Gasteiger partial charge in [-0.05, 0) is 25.7 Å². The average molecular weight is 185 g/mol. The van der Waals surface area contributed by atoms with Gasteiger partial charge in [0.2, 0.25) is 0 Å². The number of ether oxygens (including phenoxy) is 1. The average Bonchev–Trinajstić information content (AvgIpc) is 2.29. The summed E-state index contributed by atoms with van der Waals surface area (Å²) in [6.45, 7) is 14.3. The lowest BCUT2D eigenvalue weighted by atomic mass is 9.81. The van der Waals surface area contributed by atoms with Crippen LogP contribution in [-0.2, 0) is 4.74 Å². The summed E-state index contributed by atoms with van der Waals surface area (Å²) in [7, 11) is 0. The summed E-state index contributed by atoms with van der Waals surface area (Å²) in [5.74, 6) is 0. The van der Waals surface area contributed by atoms with E-state index in [-0.39, 0.29) is 5.54 Å². The van der Waals surface area contributed by atoms with Crippen LogP contribution in [-0.4, -0.2) is 30.3 Å². The topological polar surface area (TPSA) is 12.5 Å². The third-order valence-corrected chi connectivity index (χ3v) is 2.57. The van der Waals surface area contributed by atoms with Crippen molar-refractivity contribution < 1.29 is 4.74 Å². The fourth-order valence-corrected chi connectivity index (χ4v) is 2.30. The van der Waals surface area contributed by atoms with Gasteiger partial charge in [-0.3, -0.25) is 4.90 Å². The lowest BCUT2D eigenvalue weighted by Crippen LogP contribution is -2.44. The van der Waals surface area contributed by atoms with Gasteiger partial charge in [0.25, 0.3) is 0 Å². The van der Waals surface area contributed by atoms with Gasteiger partial charge >= 0.3 is 0 Å². The Labute approximate surface area is 82.3 Å². The van der Waals surface area contributed by atoms with Crippen molar-refractivity contribution in [1.29, 1.82) is 0 Å². The van der Waals surface area contributed by atoms with Gasteiger partial charge < -0.3 is 4.74 Å². The second-order valence-electron chi connectivity index (χ2n) is 5.85.